The van der Waals surface area contributed by atoms with Crippen molar-refractivity contribution in [2.24, 2.45) is 0 Å². The molecule has 4 aliphatic rings. The third-order valence-electron chi connectivity index (χ3n) is 23.6. The zero-order valence-electron chi connectivity index (χ0n) is 58.7. The van der Waals surface area contributed by atoms with Crippen molar-refractivity contribution in [3.63, 3.8) is 0 Å². The first-order valence-corrected chi connectivity index (χ1v) is 40.4. The number of anilines is 6. The van der Waals surface area contributed by atoms with Crippen molar-refractivity contribution in [2.75, 3.05) is 9.80 Å². The summed E-state index contributed by atoms with van der Waals surface area (Å²) in [6.07, 6.45) is 1.76. The summed E-state index contributed by atoms with van der Waals surface area (Å²) in [6, 6.07) is 98.3. The molecule has 0 amide bonds. The molecule has 16 heteroatoms. The molecule has 0 N–H and O–H groups in total. The van der Waals surface area contributed by atoms with Crippen LogP contribution in [0.5, 0.6) is 11.5 Å². The minimum Gasteiger partial charge on any atom is -0.471 e. The van der Waals surface area contributed by atoms with Crippen LogP contribution in [-0.2, 0) is 5.41 Å². The van der Waals surface area contributed by atoms with Gasteiger partial charge >= 0.3 is 0 Å². The van der Waals surface area contributed by atoms with Gasteiger partial charge in [-0.1, -0.05) is 163 Å². The molecule has 0 radical (unpaired) electrons. The fourth-order valence-corrected chi connectivity index (χ4v) is 22.0. The highest BCUT2D eigenvalue weighted by Gasteiger charge is 2.50. The molecule has 0 saturated heterocycles. The first-order valence-electron chi connectivity index (χ1n) is 36.9. The van der Waals surface area contributed by atoms with Gasteiger partial charge in [0.2, 0.25) is 0 Å². The minimum atomic E-state index is -0.218. The molecule has 109 heavy (non-hydrogen) atoms. The third kappa shape index (κ3) is 9.02. The van der Waals surface area contributed by atoms with Crippen LogP contribution in [0.25, 0.3) is 95.2 Å². The van der Waals surface area contributed by atoms with Crippen LogP contribution in [0.2, 0.25) is 0 Å². The highest BCUT2D eigenvalue weighted by molar-refractivity contribution is 7.19. The molecule has 4 aliphatic heterocycles. The third-order valence-corrected chi connectivity index (χ3v) is 27.1. The van der Waals surface area contributed by atoms with E-state index in [0.29, 0.717) is 0 Å². The second-order valence-electron chi connectivity index (χ2n) is 29.5. The van der Waals surface area contributed by atoms with Crippen molar-refractivity contribution in [3.05, 3.63) is 312 Å². The largest absolute Gasteiger partial charge is 0.471 e. The van der Waals surface area contributed by atoms with E-state index in [2.05, 4.69) is 288 Å². The Morgan fingerprint density at radius 3 is 1.25 bits per heavy atom. The summed E-state index contributed by atoms with van der Waals surface area (Å²) in [4.78, 5) is 4.71. The maximum absolute atomic E-state index is 7.19. The van der Waals surface area contributed by atoms with E-state index in [0.717, 1.165) is 117 Å². The van der Waals surface area contributed by atoms with E-state index in [1.165, 1.54) is 101 Å². The summed E-state index contributed by atoms with van der Waals surface area (Å²) >= 11 is 7.08. The molecular formula is C93H56B4N2O6S4. The Bertz CT molecular complexity index is 7250. The number of thiophene rings is 4. The van der Waals surface area contributed by atoms with Crippen LogP contribution in [0.15, 0.2) is 323 Å². The zero-order chi connectivity index (χ0) is 71.5. The van der Waals surface area contributed by atoms with Gasteiger partial charge in [-0.2, -0.15) is 0 Å². The van der Waals surface area contributed by atoms with E-state index in [-0.39, 0.29) is 32.3 Å². The number of furan rings is 5. The fraction of sp³-hybridized carbons (Fsp3) is 0.0323. The van der Waals surface area contributed by atoms with E-state index in [1.807, 2.05) is 30.3 Å². The van der Waals surface area contributed by atoms with E-state index in [9.17, 15) is 0 Å². The quantitative estimate of drug-likeness (QED) is 0.152. The molecular weight excluding hydrogens is 1410 g/mol. The molecule has 0 saturated carbocycles. The monoisotopic (exact) mass is 1470 g/mol. The Hall–Kier alpha value is -12.2. The van der Waals surface area contributed by atoms with Crippen LogP contribution in [0.3, 0.4) is 0 Å². The number of hydrogen-bond donors (Lipinski definition) is 0. The fourth-order valence-electron chi connectivity index (χ4n) is 18.8. The van der Waals surface area contributed by atoms with Gasteiger partial charge in [0.1, 0.15) is 27.9 Å². The summed E-state index contributed by atoms with van der Waals surface area (Å²) in [5, 5.41) is 19.3. The molecule has 0 fully saturated rings. The lowest BCUT2D eigenvalue weighted by Gasteiger charge is -2.42. The summed E-state index contributed by atoms with van der Waals surface area (Å²) in [7, 11) is 0. The van der Waals surface area contributed by atoms with Gasteiger partial charge in [-0.3, -0.25) is 0 Å². The van der Waals surface area contributed by atoms with Gasteiger partial charge in [0.05, 0.1) is 51.7 Å². The molecule has 0 bridgehead atoms. The highest BCUT2D eigenvalue weighted by atomic mass is 32.1. The molecule has 0 spiro atoms. The van der Waals surface area contributed by atoms with Gasteiger partial charge in [-0.25, -0.2) is 0 Å². The summed E-state index contributed by atoms with van der Waals surface area (Å²) in [5.74, 6) is 1.66. The highest BCUT2D eigenvalue weighted by Crippen LogP contribution is 2.53. The lowest BCUT2D eigenvalue weighted by molar-refractivity contribution is 0.477. The Morgan fingerprint density at radius 1 is 0.303 bits per heavy atom. The van der Waals surface area contributed by atoms with Crippen LogP contribution in [-0.4, -0.2) is 26.9 Å². The van der Waals surface area contributed by atoms with Crippen LogP contribution in [0, 0.1) is 0 Å². The predicted molar refractivity (Wildman–Crippen MR) is 462 cm³/mol. The molecule has 25 rings (SSSR count). The Kier molecular flexibility index (Phi) is 13.3. The summed E-state index contributed by atoms with van der Waals surface area (Å²) in [6.45, 7) is 3.97. The van der Waals surface area contributed by atoms with Crippen LogP contribution in [0.1, 0.15) is 25.0 Å². The van der Waals surface area contributed by atoms with Crippen molar-refractivity contribution in [3.8, 4) is 11.5 Å². The van der Waals surface area contributed by atoms with Crippen LogP contribution in [0.4, 0.5) is 34.1 Å². The molecule has 21 aromatic rings. The molecule has 510 valence electrons. The number of para-hydroxylation sites is 7. The molecule has 0 atom stereocenters. The van der Waals surface area contributed by atoms with E-state index >= 15 is 0 Å². The van der Waals surface area contributed by atoms with Crippen molar-refractivity contribution in [1.29, 1.82) is 0 Å². The average Bonchev–Trinajstić information content (AvgIpc) is 1.55. The van der Waals surface area contributed by atoms with Gasteiger partial charge in [0.15, 0.2) is 11.5 Å². The van der Waals surface area contributed by atoms with Gasteiger partial charge in [0.25, 0.3) is 26.9 Å². The van der Waals surface area contributed by atoms with Crippen molar-refractivity contribution >= 4 is 268 Å². The molecule has 0 aliphatic carbocycles. The second kappa shape index (κ2) is 23.4. The zero-order valence-corrected chi connectivity index (χ0v) is 61.9. The molecule has 13 heterocycles. The normalized spacial score (nSPS) is 14.0. The van der Waals surface area contributed by atoms with Gasteiger partial charge in [-0.05, 0) is 205 Å². The van der Waals surface area contributed by atoms with Crippen molar-refractivity contribution < 1.29 is 26.8 Å². The van der Waals surface area contributed by atoms with Gasteiger partial charge in [0, 0.05) is 78.7 Å². The predicted octanol–water partition coefficient (Wildman–Crippen LogP) is 18.3. The van der Waals surface area contributed by atoms with Crippen LogP contribution >= 0.6 is 45.3 Å². The SMILES string of the molecule is CC1(C)c2ccccc2N(c2ccc(B3c4oc5ccccc5c4B(c4ccc5sccc5c4)c4oc5ccc6sccc6c5c43)cc2)c2ccccc21.c1ccc2c(c1)Oc1ccccc1N2c1ccc(B2c3oc4ccc5sccc5c4c3B(c3ccc4occc4c3)c3oc4ccc5sccc5c4c32)cc1. The van der Waals surface area contributed by atoms with E-state index in [4.69, 9.17) is 26.8 Å². The lowest BCUT2D eigenvalue weighted by atomic mass is 9.23. The van der Waals surface area contributed by atoms with E-state index < -0.39 is 0 Å². The number of nitrogens with zero attached hydrogens (tertiary/aromatic N) is 2. The lowest BCUT2D eigenvalue weighted by Crippen LogP contribution is -2.73. The Labute approximate surface area is 642 Å². The maximum atomic E-state index is 7.19. The summed E-state index contributed by atoms with van der Waals surface area (Å²) in [5.41, 5.74) is 27.0. The first-order chi connectivity index (χ1) is 53.8. The van der Waals surface area contributed by atoms with Crippen LogP contribution < -0.4 is 80.9 Å². The first kappa shape index (κ1) is 61.9. The molecule has 9 aromatic heterocycles. The van der Waals surface area contributed by atoms with E-state index in [1.54, 1.807) is 51.6 Å². The smallest absolute Gasteiger partial charge is 0.290 e. The number of fused-ring (bicyclic) bond motifs is 24. The second-order valence-corrected chi connectivity index (χ2v) is 33.3. The van der Waals surface area contributed by atoms with Gasteiger partial charge in [-0.15, -0.1) is 45.3 Å². The number of hydrogen-bond acceptors (Lipinski definition) is 12. The van der Waals surface area contributed by atoms with Gasteiger partial charge < -0.3 is 36.6 Å². The maximum Gasteiger partial charge on any atom is 0.290 e. The Morgan fingerprint density at radius 2 is 0.697 bits per heavy atom. The molecule has 0 unspecified atom stereocenters. The van der Waals surface area contributed by atoms with Crippen molar-refractivity contribution in [1.82, 2.24) is 0 Å². The number of ether oxygens (including phenoxy) is 1. The molecule has 12 aromatic carbocycles. The number of benzene rings is 12. The number of rotatable bonds is 6. The molecule has 8 nitrogen and oxygen atoms in total. The standard InChI is InChI=1S/C47H31B2NO2S2.C46H25B2NO4S2/c1-47(2)34-10-4-6-12-36(34)50(37-13-7-5-11-35(37)47)31-18-15-29(16-19-31)48-44-42-33-24-26-54-41(33)22-20-39(42)52-46(44)49(30-17-21-40-28(27-30)23-25-53-40)43-32-9-3-8-14-38(32)51-45(43)48;1-3-7-35-32(5-1)49(33-6-2-4-8-36(33)51-35)29-12-9-27(10-13-29)47-43-41-30-20-23-54-39(30)17-15-37(41)53-46(43)48(28-11-14-34-26(25-28)19-22-50-34)44-42-31-21-24-55-40(31)18-16-38(42)52-45(44)47/h3-27H,1-2H3;1-25H. The van der Waals surface area contributed by atoms with Crippen molar-refractivity contribution in [2.45, 2.75) is 19.3 Å². The topological polar surface area (TPSA) is 81.4 Å². The minimum absolute atomic E-state index is 0.111. The average molecular weight is 1470 g/mol. The Balaban J connectivity index is 0.000000128. The summed E-state index contributed by atoms with van der Waals surface area (Å²) < 4.78 is 45.7.